The molecule has 0 aliphatic rings. The summed E-state index contributed by atoms with van der Waals surface area (Å²) in [6.45, 7) is 0. The van der Waals surface area contributed by atoms with E-state index < -0.39 is 14.0 Å². The third kappa shape index (κ3) is 387. The summed E-state index contributed by atoms with van der Waals surface area (Å²) in [5.74, 6) is 0. The van der Waals surface area contributed by atoms with Crippen LogP contribution in [0.1, 0.15) is 0 Å². The Morgan fingerprint density at radius 1 is 1.00 bits per heavy atom. The SMILES string of the molecule is [O]=[Cr](=[O])=[O].[O]=[Zn]. The fraction of sp³-hybridized carbons (Fsp3) is 0. The Balaban J connectivity index is 0. The molecule has 0 N–H and O–H groups in total. The van der Waals surface area contributed by atoms with Crippen LogP contribution in [0.15, 0.2) is 0 Å². The molecule has 0 aromatic heterocycles. The molecule has 0 unspecified atom stereocenters. The van der Waals surface area contributed by atoms with Crippen LogP contribution in [-0.2, 0) is 47.2 Å². The Bertz CT molecular complexity index is 87.7. The van der Waals surface area contributed by atoms with Crippen molar-refractivity contribution in [3.05, 3.63) is 0 Å². The molecule has 0 rings (SSSR count). The van der Waals surface area contributed by atoms with Gasteiger partial charge in [0, 0.05) is 0 Å². The molecular weight excluding hydrogens is 181 g/mol. The minimum absolute atomic E-state index is 0.125. The summed E-state index contributed by atoms with van der Waals surface area (Å²) >= 11 is -3.67. The van der Waals surface area contributed by atoms with Gasteiger partial charge in [-0.25, -0.2) is 0 Å². The van der Waals surface area contributed by atoms with E-state index in [0.29, 0.717) is 0 Å². The first-order valence-corrected chi connectivity index (χ1v) is 3.56. The molecule has 0 radical (unpaired) electrons. The van der Waals surface area contributed by atoms with Gasteiger partial charge in [-0.1, -0.05) is 0 Å². The quantitative estimate of drug-likeness (QED) is 0.473. The molecule has 6 heavy (non-hydrogen) atoms. The van der Waals surface area contributed by atoms with Crippen LogP contribution >= 0.6 is 0 Å². The molecular formula is CrO4Zn. The molecule has 0 saturated heterocycles. The fourth-order valence-corrected chi connectivity index (χ4v) is 0. The van der Waals surface area contributed by atoms with Crippen molar-refractivity contribution in [2.24, 2.45) is 0 Å². The van der Waals surface area contributed by atoms with Gasteiger partial charge in [0.1, 0.15) is 0 Å². The molecule has 0 aromatic carbocycles. The number of rotatable bonds is 0. The summed E-state index contributed by atoms with van der Waals surface area (Å²) in [4.78, 5) is 0. The van der Waals surface area contributed by atoms with Crippen LogP contribution < -0.4 is 0 Å². The second-order valence-corrected chi connectivity index (χ2v) is 0.842. The molecule has 0 spiro atoms. The Labute approximate surface area is 47.5 Å². The molecule has 6 heteroatoms. The van der Waals surface area contributed by atoms with Crippen molar-refractivity contribution in [2.45, 2.75) is 0 Å². The van der Waals surface area contributed by atoms with Gasteiger partial charge < -0.3 is 0 Å². The molecule has 32 valence electrons. The summed E-state index contributed by atoms with van der Waals surface area (Å²) in [5.41, 5.74) is 0. The normalized spacial score (nSPS) is 5.00. The Hall–Kier alpha value is 0.356. The standard InChI is InChI=1S/Cr.4O.Zn. The predicted octanol–water partition coefficient (Wildman–Crippen LogP) is -0.480. The van der Waals surface area contributed by atoms with E-state index in [4.69, 9.17) is 15.0 Å². The van der Waals surface area contributed by atoms with Gasteiger partial charge in [0.15, 0.2) is 0 Å². The van der Waals surface area contributed by atoms with E-state index in [2.05, 4.69) is 0 Å². The number of hydrogen-bond acceptors (Lipinski definition) is 4. The number of hydrogen-bond donors (Lipinski definition) is 0. The molecule has 0 fully saturated rings. The van der Waals surface area contributed by atoms with Crippen LogP contribution in [-0.4, -0.2) is 0 Å². The maximum absolute atomic E-state index is 8.54. The van der Waals surface area contributed by atoms with E-state index in [1.165, 1.54) is 0 Å². The van der Waals surface area contributed by atoms with Crippen molar-refractivity contribution in [1.29, 1.82) is 0 Å². The van der Waals surface area contributed by atoms with E-state index in [9.17, 15) is 0 Å². The van der Waals surface area contributed by atoms with Crippen molar-refractivity contribution in [3.8, 4) is 0 Å². The van der Waals surface area contributed by atoms with Gasteiger partial charge in [-0.3, -0.25) is 0 Å². The molecule has 0 amide bonds. The third-order valence-corrected chi connectivity index (χ3v) is 0. The van der Waals surface area contributed by atoms with Crippen molar-refractivity contribution < 1.29 is 47.2 Å². The molecule has 0 aliphatic heterocycles. The average Bonchev–Trinajstić information content (AvgIpc) is 1.41. The zero-order valence-corrected chi connectivity index (χ0v) is 6.99. The summed E-state index contributed by atoms with van der Waals surface area (Å²) in [5, 5.41) is 0. The van der Waals surface area contributed by atoms with Gasteiger partial charge in [-0.2, -0.15) is 0 Å². The zero-order chi connectivity index (χ0) is 5.58. The molecule has 0 aliphatic carbocycles. The first-order valence-electron chi connectivity index (χ1n) is 0.789. The third-order valence-electron chi connectivity index (χ3n) is 0. The fourth-order valence-electron chi connectivity index (χ4n) is 0. The second kappa shape index (κ2) is 9.02. The summed E-state index contributed by atoms with van der Waals surface area (Å²) in [6.07, 6.45) is 0. The molecule has 0 heterocycles. The van der Waals surface area contributed by atoms with E-state index >= 15 is 0 Å². The molecule has 0 aromatic rings. The van der Waals surface area contributed by atoms with E-state index in [-0.39, 0.29) is 18.3 Å². The van der Waals surface area contributed by atoms with Gasteiger partial charge in [0.2, 0.25) is 0 Å². The van der Waals surface area contributed by atoms with Crippen LogP contribution in [0.5, 0.6) is 0 Å². The Morgan fingerprint density at radius 2 is 1.00 bits per heavy atom. The van der Waals surface area contributed by atoms with Gasteiger partial charge in [0.25, 0.3) is 0 Å². The van der Waals surface area contributed by atoms with Crippen molar-refractivity contribution in [2.75, 3.05) is 0 Å². The van der Waals surface area contributed by atoms with Crippen LogP contribution in [0.25, 0.3) is 0 Å². The van der Waals surface area contributed by atoms with Gasteiger partial charge in [-0.05, 0) is 0 Å². The van der Waals surface area contributed by atoms with E-state index in [1.807, 2.05) is 0 Å². The second-order valence-electron chi connectivity index (χ2n) is 0.204. The Morgan fingerprint density at radius 3 is 1.00 bits per heavy atom. The molecule has 0 bridgehead atoms. The molecule has 0 atom stereocenters. The summed E-state index contributed by atoms with van der Waals surface area (Å²) < 4.78 is 34.0. The van der Waals surface area contributed by atoms with Crippen LogP contribution in [0, 0.1) is 0 Å². The van der Waals surface area contributed by atoms with Crippen molar-refractivity contribution in [3.63, 3.8) is 0 Å². The topological polar surface area (TPSA) is 68.3 Å². The zero-order valence-electron chi connectivity index (χ0n) is 2.75. The van der Waals surface area contributed by atoms with E-state index in [0.717, 1.165) is 0 Å². The Kier molecular flexibility index (Phi) is 14.5. The van der Waals surface area contributed by atoms with Crippen LogP contribution in [0.3, 0.4) is 0 Å². The molecule has 0 saturated carbocycles. The van der Waals surface area contributed by atoms with Crippen LogP contribution in [0.4, 0.5) is 0 Å². The summed E-state index contributed by atoms with van der Waals surface area (Å²) in [7, 11) is 0. The van der Waals surface area contributed by atoms with Crippen molar-refractivity contribution >= 4 is 0 Å². The van der Waals surface area contributed by atoms with E-state index in [1.54, 1.807) is 0 Å². The monoisotopic (exact) mass is 180 g/mol. The van der Waals surface area contributed by atoms with Gasteiger partial charge >= 0.3 is 47.2 Å². The van der Waals surface area contributed by atoms with Gasteiger partial charge in [-0.15, -0.1) is 0 Å². The maximum atomic E-state index is 8.54. The first-order chi connectivity index (χ1) is 2.73. The predicted molar refractivity (Wildman–Crippen MR) is 2.75 cm³/mol. The van der Waals surface area contributed by atoms with Crippen molar-refractivity contribution in [1.82, 2.24) is 0 Å². The van der Waals surface area contributed by atoms with Gasteiger partial charge in [0.05, 0.1) is 0 Å². The molecule has 4 nitrogen and oxygen atoms in total. The first kappa shape index (κ1) is 9.61. The average molecular weight is 181 g/mol. The van der Waals surface area contributed by atoms with Crippen LogP contribution in [0.2, 0.25) is 0 Å². The minimum atomic E-state index is -3.79. The summed E-state index contributed by atoms with van der Waals surface area (Å²) in [6, 6.07) is 0.